The van der Waals surface area contributed by atoms with Crippen LogP contribution in [0.25, 0.3) is 5.69 Å². The number of aromatic nitrogens is 2. The molecule has 48 heavy (non-hydrogen) atoms. The molecule has 0 amide bonds. The van der Waals surface area contributed by atoms with Crippen molar-refractivity contribution in [2.24, 2.45) is 10.2 Å². The number of unbranched alkanes of at least 4 members (excludes halogenated alkanes) is 6. The van der Waals surface area contributed by atoms with E-state index < -0.39 is 5.56 Å². The number of rotatable bonds is 19. The van der Waals surface area contributed by atoms with Crippen LogP contribution in [-0.2, 0) is 0 Å². The third-order valence-corrected chi connectivity index (χ3v) is 9.02. The van der Waals surface area contributed by atoms with Crippen LogP contribution in [0.15, 0.2) is 81.8 Å². The summed E-state index contributed by atoms with van der Waals surface area (Å²) in [5.74, 6) is 1.05. The van der Waals surface area contributed by atoms with E-state index in [2.05, 4.69) is 27.7 Å². The second kappa shape index (κ2) is 19.2. The van der Waals surface area contributed by atoms with Crippen LogP contribution in [0.3, 0.4) is 0 Å². The Kier molecular flexibility index (Phi) is 15.2. The number of benzene rings is 3. The minimum absolute atomic E-state index is 0.0254. The molecule has 0 spiro atoms. The Balaban J connectivity index is 1.78. The highest BCUT2D eigenvalue weighted by molar-refractivity contribution is 6.40. The summed E-state index contributed by atoms with van der Waals surface area (Å²) < 4.78 is 6.55. The number of aromatic amines is 1. The van der Waals surface area contributed by atoms with Gasteiger partial charge in [0.1, 0.15) is 11.4 Å². The SMILES string of the molecule is CCCCCCCCCC(CCC(C)Cl)NN(c1ccccc1)c1[nH]n(-c2c(Cl)cc(Cl)cc2Cl)c(=O)c1N=Nc1ccc(OC)cc1. The van der Waals surface area contributed by atoms with Gasteiger partial charge in [-0.2, -0.15) is 5.11 Å². The smallest absolute Gasteiger partial charge is 0.301 e. The summed E-state index contributed by atoms with van der Waals surface area (Å²) >= 11 is 25.9. The van der Waals surface area contributed by atoms with E-state index in [4.69, 9.17) is 51.1 Å². The first kappa shape index (κ1) is 37.8. The Hall–Kier alpha value is -3.01. The number of anilines is 2. The van der Waals surface area contributed by atoms with Crippen LogP contribution in [-0.4, -0.2) is 28.3 Å². The molecule has 2 N–H and O–H groups in total. The van der Waals surface area contributed by atoms with Crippen molar-refractivity contribution < 1.29 is 4.74 Å². The predicted molar refractivity (Wildman–Crippen MR) is 201 cm³/mol. The fourth-order valence-corrected chi connectivity index (χ4v) is 6.52. The molecule has 0 fully saturated rings. The first-order valence-corrected chi connectivity index (χ1v) is 18.1. The first-order chi connectivity index (χ1) is 23.2. The van der Waals surface area contributed by atoms with Gasteiger partial charge in [-0.25, -0.2) is 10.1 Å². The number of hydrazine groups is 1. The lowest BCUT2D eigenvalue weighted by molar-refractivity contribution is 0.415. The van der Waals surface area contributed by atoms with Crippen LogP contribution in [0, 0.1) is 0 Å². The van der Waals surface area contributed by atoms with Gasteiger partial charge in [0, 0.05) is 16.4 Å². The van der Waals surface area contributed by atoms with Gasteiger partial charge in [-0.1, -0.05) is 105 Å². The first-order valence-electron chi connectivity index (χ1n) is 16.5. The van der Waals surface area contributed by atoms with E-state index >= 15 is 0 Å². The van der Waals surface area contributed by atoms with Gasteiger partial charge in [-0.15, -0.1) is 16.7 Å². The van der Waals surface area contributed by atoms with Gasteiger partial charge in [0.15, 0.2) is 11.5 Å². The van der Waals surface area contributed by atoms with Crippen LogP contribution < -0.4 is 20.7 Å². The Morgan fingerprint density at radius 2 is 1.52 bits per heavy atom. The number of nitrogens with one attached hydrogen (secondary N) is 2. The van der Waals surface area contributed by atoms with E-state index in [1.807, 2.05) is 42.3 Å². The highest BCUT2D eigenvalue weighted by atomic mass is 35.5. The third-order valence-electron chi connectivity index (χ3n) is 8.01. The average Bonchev–Trinajstić information content (AvgIpc) is 3.38. The Morgan fingerprint density at radius 1 is 0.875 bits per heavy atom. The van der Waals surface area contributed by atoms with E-state index in [-0.39, 0.29) is 32.8 Å². The maximum Gasteiger partial charge on any atom is 0.301 e. The zero-order valence-electron chi connectivity index (χ0n) is 27.7. The van der Waals surface area contributed by atoms with E-state index in [1.165, 1.54) is 48.9 Å². The Labute approximate surface area is 303 Å². The number of alkyl halides is 1. The maximum atomic E-state index is 14.2. The van der Waals surface area contributed by atoms with Crippen molar-refractivity contribution in [2.75, 3.05) is 12.1 Å². The Bertz CT molecular complexity index is 1630. The fourth-order valence-electron chi connectivity index (χ4n) is 5.41. The van der Waals surface area contributed by atoms with Crippen LogP contribution in [0.5, 0.6) is 5.75 Å². The van der Waals surface area contributed by atoms with Gasteiger partial charge in [-0.05, 0) is 74.7 Å². The molecule has 0 radical (unpaired) electrons. The number of methoxy groups -OCH3 is 1. The van der Waals surface area contributed by atoms with Crippen molar-refractivity contribution in [3.63, 3.8) is 0 Å². The third kappa shape index (κ3) is 10.7. The quantitative estimate of drug-likeness (QED) is 0.0435. The lowest BCUT2D eigenvalue weighted by atomic mass is 10.0. The van der Waals surface area contributed by atoms with Crippen LogP contribution in [0.2, 0.25) is 15.1 Å². The summed E-state index contributed by atoms with van der Waals surface area (Å²) in [6.07, 6.45) is 11.1. The van der Waals surface area contributed by atoms with Gasteiger partial charge in [0.25, 0.3) is 0 Å². The molecular weight excluding hydrogens is 690 g/mol. The topological polar surface area (TPSA) is 87.0 Å². The zero-order chi connectivity index (χ0) is 34.5. The molecule has 2 atom stereocenters. The summed E-state index contributed by atoms with van der Waals surface area (Å²) in [5.41, 5.74) is 4.88. The van der Waals surface area contributed by atoms with E-state index in [0.29, 0.717) is 22.3 Å². The largest absolute Gasteiger partial charge is 0.497 e. The maximum absolute atomic E-state index is 14.2. The number of H-pyrrole nitrogens is 1. The van der Waals surface area contributed by atoms with E-state index in [0.717, 1.165) is 37.8 Å². The Morgan fingerprint density at radius 3 is 2.15 bits per heavy atom. The van der Waals surface area contributed by atoms with Gasteiger partial charge in [-0.3, -0.25) is 14.9 Å². The molecule has 4 rings (SSSR count). The molecule has 1 aromatic heterocycles. The molecule has 258 valence electrons. The molecule has 0 bridgehead atoms. The molecule has 0 saturated heterocycles. The van der Waals surface area contributed by atoms with Crippen molar-refractivity contribution in [1.82, 2.24) is 15.2 Å². The minimum Gasteiger partial charge on any atom is -0.497 e. The average molecular weight is 735 g/mol. The van der Waals surface area contributed by atoms with Crippen molar-refractivity contribution in [1.29, 1.82) is 0 Å². The monoisotopic (exact) mass is 732 g/mol. The van der Waals surface area contributed by atoms with Gasteiger partial charge in [0.05, 0.1) is 28.5 Å². The summed E-state index contributed by atoms with van der Waals surface area (Å²) in [4.78, 5) is 14.2. The molecule has 3 aromatic carbocycles. The van der Waals surface area contributed by atoms with Crippen molar-refractivity contribution in [3.8, 4) is 11.4 Å². The number of para-hydroxylation sites is 1. The standard InChI is InChI=1S/C36H44Cl4N6O2/c1-4-5-6-7-8-9-11-14-28(18-17-25(2)37)43-45(29-15-12-10-13-16-29)35-33(42-41-27-19-21-30(48-3)22-20-27)36(47)46(44-35)34-31(39)23-26(38)24-32(34)40/h10,12-13,15-16,19-25,28,43-44H,4-9,11,14,17-18H2,1-3H3. The summed E-state index contributed by atoms with van der Waals surface area (Å²) in [6.45, 7) is 4.24. The van der Waals surface area contributed by atoms with Crippen molar-refractivity contribution in [3.05, 3.63) is 92.2 Å². The van der Waals surface area contributed by atoms with Gasteiger partial charge >= 0.3 is 5.56 Å². The number of hydrogen-bond donors (Lipinski definition) is 2. The van der Waals surface area contributed by atoms with Crippen molar-refractivity contribution >= 4 is 69.3 Å². The number of azo groups is 1. The summed E-state index contributed by atoms with van der Waals surface area (Å²) in [7, 11) is 1.60. The van der Waals surface area contributed by atoms with Crippen molar-refractivity contribution in [2.45, 2.75) is 89.5 Å². The lowest BCUT2D eigenvalue weighted by Gasteiger charge is -2.30. The lowest BCUT2D eigenvalue weighted by Crippen LogP contribution is -2.42. The normalized spacial score (nSPS) is 12.8. The molecule has 12 heteroatoms. The highest BCUT2D eigenvalue weighted by Crippen LogP contribution is 2.36. The second-order valence-electron chi connectivity index (χ2n) is 11.8. The molecular formula is C36H44Cl4N6O2. The number of nitrogens with zero attached hydrogens (tertiary/aromatic N) is 4. The van der Waals surface area contributed by atoms with Crippen LogP contribution in [0.4, 0.5) is 22.9 Å². The molecule has 0 aliphatic carbocycles. The minimum atomic E-state index is -0.492. The summed E-state index contributed by atoms with van der Waals surface area (Å²) in [5, 5.41) is 14.8. The highest BCUT2D eigenvalue weighted by Gasteiger charge is 2.26. The van der Waals surface area contributed by atoms with Gasteiger partial charge in [0.2, 0.25) is 0 Å². The van der Waals surface area contributed by atoms with Crippen LogP contribution >= 0.6 is 46.4 Å². The summed E-state index contributed by atoms with van der Waals surface area (Å²) in [6, 6.07) is 20.0. The molecule has 0 aliphatic heterocycles. The molecule has 4 aromatic rings. The second-order valence-corrected chi connectivity index (χ2v) is 13.8. The number of halogens is 4. The molecule has 2 unspecified atom stereocenters. The zero-order valence-corrected chi connectivity index (χ0v) is 30.7. The molecule has 0 saturated carbocycles. The molecule has 0 aliphatic rings. The predicted octanol–water partition coefficient (Wildman–Crippen LogP) is 12.1. The van der Waals surface area contributed by atoms with E-state index in [9.17, 15) is 4.79 Å². The van der Waals surface area contributed by atoms with Gasteiger partial charge < -0.3 is 4.74 Å². The molecule has 8 nitrogen and oxygen atoms in total. The number of ether oxygens (including phenoxy) is 1. The number of hydrogen-bond acceptors (Lipinski definition) is 6. The van der Waals surface area contributed by atoms with E-state index in [1.54, 1.807) is 31.4 Å². The molecule has 1 heterocycles. The fraction of sp³-hybridized carbons (Fsp3) is 0.417. The van der Waals surface area contributed by atoms with Crippen LogP contribution in [0.1, 0.15) is 78.1 Å².